The summed E-state index contributed by atoms with van der Waals surface area (Å²) in [4.78, 5) is 18.7. The first-order valence-corrected chi connectivity index (χ1v) is 11.3. The van der Waals surface area contributed by atoms with Crippen molar-refractivity contribution in [3.63, 3.8) is 0 Å². The van der Waals surface area contributed by atoms with Crippen molar-refractivity contribution in [2.75, 3.05) is 19.8 Å². The van der Waals surface area contributed by atoms with E-state index < -0.39 is 35.9 Å². The average molecular weight is 422 g/mol. The molecule has 0 aromatic rings. The van der Waals surface area contributed by atoms with Crippen LogP contribution in [0.4, 0.5) is 0 Å². The molecule has 7 nitrogen and oxygen atoms in total. The van der Waals surface area contributed by atoms with Crippen LogP contribution in [0.1, 0.15) is 69.2 Å². The van der Waals surface area contributed by atoms with Crippen molar-refractivity contribution in [1.29, 1.82) is 0 Å². The lowest BCUT2D eigenvalue weighted by Gasteiger charge is -2.49. The summed E-state index contributed by atoms with van der Waals surface area (Å²) in [7, 11) is -3.61. The Morgan fingerprint density at radius 3 is 1.82 bits per heavy atom. The standard InChI is InChI=1S/C20H40NO6P/c1-12-15-24-17(22)20(10,11)27-21(19(7,8)9)16(18(4,5)6)28(23,25-13-2)26-14-3/h12,16H,1,13-15H2,2-11H3. The van der Waals surface area contributed by atoms with Crippen LogP contribution < -0.4 is 0 Å². The van der Waals surface area contributed by atoms with Crippen LogP contribution in [0.5, 0.6) is 0 Å². The summed E-state index contributed by atoms with van der Waals surface area (Å²) < 4.78 is 30.3. The Bertz CT molecular complexity index is 552. The zero-order chi connectivity index (χ0) is 22.4. The lowest BCUT2D eigenvalue weighted by Crippen LogP contribution is -2.57. The van der Waals surface area contributed by atoms with Gasteiger partial charge in [0.25, 0.3) is 0 Å². The summed E-state index contributed by atoms with van der Waals surface area (Å²) in [6.45, 7) is 22.4. The molecule has 0 heterocycles. The molecule has 0 saturated carbocycles. The maximum absolute atomic E-state index is 13.8. The number of hydrogen-bond donors (Lipinski definition) is 0. The minimum absolute atomic E-state index is 0.0836. The van der Waals surface area contributed by atoms with Crippen molar-refractivity contribution in [2.24, 2.45) is 5.41 Å². The molecule has 0 aliphatic carbocycles. The molecule has 0 bridgehead atoms. The molecular weight excluding hydrogens is 381 g/mol. The Kier molecular flexibility index (Phi) is 10.1. The Labute approximate surface area is 171 Å². The maximum Gasteiger partial charge on any atom is 0.350 e. The van der Waals surface area contributed by atoms with Crippen LogP contribution in [-0.4, -0.2) is 47.8 Å². The number of carbonyl (C=O) groups excluding carboxylic acids is 1. The van der Waals surface area contributed by atoms with Crippen molar-refractivity contribution >= 4 is 13.6 Å². The van der Waals surface area contributed by atoms with E-state index in [1.165, 1.54) is 6.08 Å². The van der Waals surface area contributed by atoms with Gasteiger partial charge in [0, 0.05) is 5.54 Å². The fourth-order valence-electron chi connectivity index (χ4n) is 2.64. The molecule has 0 fully saturated rings. The van der Waals surface area contributed by atoms with E-state index in [4.69, 9.17) is 18.6 Å². The van der Waals surface area contributed by atoms with E-state index in [0.29, 0.717) is 0 Å². The topological polar surface area (TPSA) is 74.3 Å². The molecule has 0 aliphatic rings. The van der Waals surface area contributed by atoms with Gasteiger partial charge < -0.3 is 13.8 Å². The second-order valence-electron chi connectivity index (χ2n) is 9.10. The van der Waals surface area contributed by atoms with Crippen molar-refractivity contribution in [1.82, 2.24) is 5.06 Å². The monoisotopic (exact) mass is 421 g/mol. The molecule has 0 aromatic carbocycles. The van der Waals surface area contributed by atoms with E-state index in [0.717, 1.165) is 0 Å². The van der Waals surface area contributed by atoms with Gasteiger partial charge >= 0.3 is 13.6 Å². The van der Waals surface area contributed by atoms with Crippen LogP contribution >= 0.6 is 7.60 Å². The van der Waals surface area contributed by atoms with Gasteiger partial charge in [-0.15, -0.1) is 0 Å². The number of esters is 1. The third-order valence-corrected chi connectivity index (χ3v) is 6.55. The highest BCUT2D eigenvalue weighted by Gasteiger charge is 2.53. The fourth-order valence-corrected chi connectivity index (χ4v) is 5.31. The molecule has 0 rings (SSSR count). The summed E-state index contributed by atoms with van der Waals surface area (Å²) in [5.74, 6) is -1.30. The van der Waals surface area contributed by atoms with Crippen LogP contribution in [0.2, 0.25) is 0 Å². The molecule has 0 saturated heterocycles. The van der Waals surface area contributed by atoms with Gasteiger partial charge in [0.15, 0.2) is 5.60 Å². The van der Waals surface area contributed by atoms with Gasteiger partial charge in [-0.3, -0.25) is 9.40 Å². The Balaban J connectivity index is 6.26. The molecule has 0 aliphatic heterocycles. The smallest absolute Gasteiger partial charge is 0.350 e. The second kappa shape index (κ2) is 10.4. The normalized spacial score (nSPS) is 14.8. The number of rotatable bonds is 11. The molecule has 0 spiro atoms. The van der Waals surface area contributed by atoms with Gasteiger partial charge in [0.1, 0.15) is 12.4 Å². The molecule has 1 atom stereocenters. The summed E-state index contributed by atoms with van der Waals surface area (Å²) in [5.41, 5.74) is -2.48. The predicted octanol–water partition coefficient (Wildman–Crippen LogP) is 5.16. The first-order chi connectivity index (χ1) is 12.6. The van der Waals surface area contributed by atoms with Crippen LogP contribution in [0, 0.1) is 5.41 Å². The summed E-state index contributed by atoms with van der Waals surface area (Å²) in [6.07, 6.45) is 1.49. The van der Waals surface area contributed by atoms with E-state index in [9.17, 15) is 9.36 Å². The molecule has 0 amide bonds. The number of hydrogen-bond acceptors (Lipinski definition) is 7. The predicted molar refractivity (Wildman–Crippen MR) is 112 cm³/mol. The quantitative estimate of drug-likeness (QED) is 0.197. The van der Waals surface area contributed by atoms with Gasteiger partial charge in [-0.1, -0.05) is 33.4 Å². The van der Waals surface area contributed by atoms with Crippen LogP contribution in [-0.2, 0) is 28.0 Å². The van der Waals surface area contributed by atoms with Gasteiger partial charge in [0.2, 0.25) is 0 Å². The minimum atomic E-state index is -3.61. The Hall–Kier alpha value is -0.720. The summed E-state index contributed by atoms with van der Waals surface area (Å²) in [5, 5.41) is 1.58. The molecule has 166 valence electrons. The molecule has 28 heavy (non-hydrogen) atoms. The highest BCUT2D eigenvalue weighted by atomic mass is 31.2. The third-order valence-electron chi connectivity index (χ3n) is 3.73. The number of ether oxygens (including phenoxy) is 1. The van der Waals surface area contributed by atoms with Crippen molar-refractivity contribution in [3.8, 4) is 0 Å². The molecule has 1 unspecified atom stereocenters. The number of nitrogens with zero attached hydrogens (tertiary/aromatic N) is 1. The van der Waals surface area contributed by atoms with Crippen molar-refractivity contribution in [3.05, 3.63) is 12.7 Å². The van der Waals surface area contributed by atoms with E-state index in [-0.39, 0.29) is 19.8 Å². The largest absolute Gasteiger partial charge is 0.459 e. The zero-order valence-corrected chi connectivity index (χ0v) is 20.2. The first kappa shape index (κ1) is 27.3. The summed E-state index contributed by atoms with van der Waals surface area (Å²) in [6, 6.07) is 0. The highest BCUT2D eigenvalue weighted by molar-refractivity contribution is 7.54. The first-order valence-electron chi connectivity index (χ1n) is 9.72. The van der Waals surface area contributed by atoms with Gasteiger partial charge in [0.05, 0.1) is 13.2 Å². The molecule has 0 aromatic heterocycles. The SMILES string of the molecule is C=CCOC(=O)C(C)(C)ON(C(C(C)(C)C)P(=O)(OCC)OCC)C(C)(C)C. The van der Waals surface area contributed by atoms with E-state index in [1.807, 2.05) is 41.5 Å². The van der Waals surface area contributed by atoms with Gasteiger partial charge in [-0.2, -0.15) is 5.06 Å². The van der Waals surface area contributed by atoms with Gasteiger partial charge in [-0.25, -0.2) is 4.79 Å². The molecule has 8 heteroatoms. The lowest BCUT2D eigenvalue weighted by molar-refractivity contribution is -0.292. The molecule has 0 radical (unpaired) electrons. The van der Waals surface area contributed by atoms with E-state index in [2.05, 4.69) is 6.58 Å². The van der Waals surface area contributed by atoms with Crippen molar-refractivity contribution in [2.45, 2.75) is 86.2 Å². The van der Waals surface area contributed by atoms with E-state index >= 15 is 0 Å². The third kappa shape index (κ3) is 7.60. The maximum atomic E-state index is 13.8. The second-order valence-corrected chi connectivity index (χ2v) is 11.2. The Morgan fingerprint density at radius 2 is 1.50 bits per heavy atom. The van der Waals surface area contributed by atoms with Crippen LogP contribution in [0.3, 0.4) is 0 Å². The van der Waals surface area contributed by atoms with Gasteiger partial charge in [-0.05, 0) is 53.9 Å². The van der Waals surface area contributed by atoms with Crippen molar-refractivity contribution < 1.29 is 28.0 Å². The summed E-state index contributed by atoms with van der Waals surface area (Å²) >= 11 is 0. The number of hydroxylamine groups is 2. The van der Waals surface area contributed by atoms with Crippen LogP contribution in [0.15, 0.2) is 12.7 Å². The molecule has 0 N–H and O–H groups in total. The molecular formula is C20H40NO6P. The number of carbonyl (C=O) groups is 1. The highest BCUT2D eigenvalue weighted by Crippen LogP contribution is 2.61. The zero-order valence-electron chi connectivity index (χ0n) is 19.3. The van der Waals surface area contributed by atoms with Crippen LogP contribution in [0.25, 0.3) is 0 Å². The van der Waals surface area contributed by atoms with E-state index in [1.54, 1.807) is 32.8 Å². The Morgan fingerprint density at radius 1 is 1.04 bits per heavy atom. The minimum Gasteiger partial charge on any atom is -0.459 e. The lowest BCUT2D eigenvalue weighted by atomic mass is 9.94. The average Bonchev–Trinajstić information content (AvgIpc) is 2.49. The fraction of sp³-hybridized carbons (Fsp3) is 0.850.